The van der Waals surface area contributed by atoms with Crippen LogP contribution in [0.3, 0.4) is 0 Å². The Morgan fingerprint density at radius 1 is 1.10 bits per heavy atom. The van der Waals surface area contributed by atoms with Crippen molar-refractivity contribution in [2.24, 2.45) is 5.10 Å². The fourth-order valence-corrected chi connectivity index (χ4v) is 4.52. The lowest BCUT2D eigenvalue weighted by molar-refractivity contribution is -0.386. The van der Waals surface area contributed by atoms with Crippen molar-refractivity contribution >= 4 is 22.8 Å². The lowest BCUT2D eigenvalue weighted by Gasteiger charge is -2.18. The third kappa shape index (κ3) is 6.06. The molecule has 3 aromatic carbocycles. The topological polar surface area (TPSA) is 118 Å². The quantitative estimate of drug-likeness (QED) is 0.124. The van der Waals surface area contributed by atoms with Crippen molar-refractivity contribution in [3.63, 3.8) is 0 Å². The first-order chi connectivity index (χ1) is 19.5. The number of hydrogen-bond donors (Lipinski definition) is 0. The molecule has 0 spiro atoms. The number of rotatable bonds is 10. The average molecular weight is 559 g/mol. The van der Waals surface area contributed by atoms with Crippen molar-refractivity contribution in [1.29, 1.82) is 0 Å². The van der Waals surface area contributed by atoms with Gasteiger partial charge in [-0.25, -0.2) is 4.98 Å². The smallest absolute Gasteiger partial charge is 0.315 e. The second-order valence-electron chi connectivity index (χ2n) is 10.1. The number of nitro groups is 1. The first-order valence-electron chi connectivity index (χ1n) is 13.4. The zero-order valence-electron chi connectivity index (χ0n) is 24.3. The van der Waals surface area contributed by atoms with Crippen LogP contribution >= 0.6 is 0 Å². The standard InChI is InChI=1S/C31H34N4O6/c1-8-40-27-13-20(6)24(16-23(27)18(2)3)30-33-25-12-10-9-11-22(25)31(36)34(30)32-17-21-14-26(35(37)38)29(41-19(4)5)28(15-21)39-7/h9-19H,8H2,1-7H3. The van der Waals surface area contributed by atoms with Gasteiger partial charge in [-0.3, -0.25) is 14.9 Å². The molecular formula is C31H34N4O6. The van der Waals surface area contributed by atoms with Gasteiger partial charge in [0.15, 0.2) is 11.6 Å². The van der Waals surface area contributed by atoms with E-state index in [2.05, 4.69) is 18.9 Å². The van der Waals surface area contributed by atoms with Gasteiger partial charge in [-0.2, -0.15) is 9.78 Å². The van der Waals surface area contributed by atoms with Crippen molar-refractivity contribution < 1.29 is 19.1 Å². The minimum atomic E-state index is -0.538. The Balaban J connectivity index is 1.96. The lowest BCUT2D eigenvalue weighted by atomic mass is 9.96. The normalized spacial score (nSPS) is 11.5. The highest BCUT2D eigenvalue weighted by Gasteiger charge is 2.23. The summed E-state index contributed by atoms with van der Waals surface area (Å²) in [6.07, 6.45) is 1.07. The molecule has 0 unspecified atom stereocenters. The van der Waals surface area contributed by atoms with Crippen LogP contribution in [0.1, 0.15) is 57.2 Å². The maximum absolute atomic E-state index is 13.7. The van der Waals surface area contributed by atoms with Crippen molar-refractivity contribution in [2.75, 3.05) is 13.7 Å². The maximum Gasteiger partial charge on any atom is 0.315 e. The third-order valence-electron chi connectivity index (χ3n) is 6.42. The van der Waals surface area contributed by atoms with Crippen LogP contribution in [0.4, 0.5) is 5.69 Å². The highest BCUT2D eigenvalue weighted by molar-refractivity contribution is 5.84. The molecule has 0 saturated carbocycles. The minimum Gasteiger partial charge on any atom is -0.494 e. The number of para-hydroxylation sites is 1. The van der Waals surface area contributed by atoms with Gasteiger partial charge in [0.1, 0.15) is 5.75 Å². The Labute approximate surface area is 238 Å². The molecule has 0 aliphatic carbocycles. The molecule has 0 saturated heterocycles. The van der Waals surface area contributed by atoms with Gasteiger partial charge in [-0.05, 0) is 75.1 Å². The van der Waals surface area contributed by atoms with E-state index in [0.717, 1.165) is 22.4 Å². The Bertz CT molecular complexity index is 1690. The summed E-state index contributed by atoms with van der Waals surface area (Å²) in [5.41, 5.74) is 2.80. The molecule has 0 radical (unpaired) electrons. The monoisotopic (exact) mass is 558 g/mol. The van der Waals surface area contributed by atoms with Gasteiger partial charge in [-0.1, -0.05) is 26.0 Å². The molecule has 0 aliphatic rings. The summed E-state index contributed by atoms with van der Waals surface area (Å²) in [5.74, 6) is 1.49. The van der Waals surface area contributed by atoms with Gasteiger partial charge < -0.3 is 14.2 Å². The summed E-state index contributed by atoms with van der Waals surface area (Å²) >= 11 is 0. The number of ether oxygens (including phenoxy) is 3. The van der Waals surface area contributed by atoms with Gasteiger partial charge in [-0.15, -0.1) is 0 Å². The maximum atomic E-state index is 13.7. The molecule has 1 heterocycles. The second-order valence-corrected chi connectivity index (χ2v) is 10.1. The molecule has 0 amide bonds. The van der Waals surface area contributed by atoms with Gasteiger partial charge in [0, 0.05) is 17.2 Å². The Kier molecular flexibility index (Phi) is 8.71. The Morgan fingerprint density at radius 2 is 1.83 bits per heavy atom. The van der Waals surface area contributed by atoms with E-state index in [1.54, 1.807) is 38.1 Å². The van der Waals surface area contributed by atoms with E-state index in [0.29, 0.717) is 28.9 Å². The summed E-state index contributed by atoms with van der Waals surface area (Å²) in [4.78, 5) is 29.9. The number of hydrogen-bond acceptors (Lipinski definition) is 8. The fraction of sp³-hybridized carbons (Fsp3) is 0.323. The van der Waals surface area contributed by atoms with Gasteiger partial charge in [0.2, 0.25) is 5.75 Å². The predicted octanol–water partition coefficient (Wildman–Crippen LogP) is 6.48. The van der Waals surface area contributed by atoms with E-state index in [1.807, 2.05) is 32.0 Å². The van der Waals surface area contributed by atoms with Crippen molar-refractivity contribution in [1.82, 2.24) is 9.66 Å². The first-order valence-corrected chi connectivity index (χ1v) is 13.4. The summed E-state index contributed by atoms with van der Waals surface area (Å²) < 4.78 is 18.2. The number of aryl methyl sites for hydroxylation is 1. The van der Waals surface area contributed by atoms with Crippen LogP contribution in [-0.4, -0.2) is 40.6 Å². The summed E-state index contributed by atoms with van der Waals surface area (Å²) in [6, 6.07) is 13.9. The number of methoxy groups -OCH3 is 1. The molecule has 1 aromatic heterocycles. The molecule has 0 N–H and O–H groups in total. The van der Waals surface area contributed by atoms with E-state index >= 15 is 0 Å². The Morgan fingerprint density at radius 3 is 2.46 bits per heavy atom. The molecule has 10 heteroatoms. The number of fused-ring (bicyclic) bond motifs is 1. The molecular weight excluding hydrogens is 524 g/mol. The van der Waals surface area contributed by atoms with E-state index in [4.69, 9.17) is 19.2 Å². The van der Waals surface area contributed by atoms with E-state index < -0.39 is 4.92 Å². The number of benzene rings is 3. The summed E-state index contributed by atoms with van der Waals surface area (Å²) in [7, 11) is 1.41. The summed E-state index contributed by atoms with van der Waals surface area (Å²) in [5, 5.41) is 16.8. The van der Waals surface area contributed by atoms with Crippen LogP contribution in [0.2, 0.25) is 0 Å². The van der Waals surface area contributed by atoms with Crippen LogP contribution in [0.25, 0.3) is 22.3 Å². The Hall–Kier alpha value is -4.73. The fourth-order valence-electron chi connectivity index (χ4n) is 4.52. The molecule has 10 nitrogen and oxygen atoms in total. The molecule has 4 aromatic rings. The van der Waals surface area contributed by atoms with Gasteiger partial charge in [0.05, 0.1) is 41.9 Å². The predicted molar refractivity (Wildman–Crippen MR) is 160 cm³/mol. The van der Waals surface area contributed by atoms with Crippen LogP contribution in [-0.2, 0) is 0 Å². The molecule has 0 atom stereocenters. The molecule has 0 aliphatic heterocycles. The van der Waals surface area contributed by atoms with Crippen LogP contribution in [0.15, 0.2) is 58.4 Å². The number of nitrogens with zero attached hydrogens (tertiary/aromatic N) is 4. The highest BCUT2D eigenvalue weighted by Crippen LogP contribution is 2.39. The average Bonchev–Trinajstić information content (AvgIpc) is 2.92. The molecule has 0 fully saturated rings. The zero-order chi connectivity index (χ0) is 29.8. The van der Waals surface area contributed by atoms with E-state index in [-0.39, 0.29) is 34.8 Å². The van der Waals surface area contributed by atoms with Crippen molar-refractivity contribution in [2.45, 2.75) is 53.6 Å². The van der Waals surface area contributed by atoms with E-state index in [9.17, 15) is 14.9 Å². The molecule has 41 heavy (non-hydrogen) atoms. The minimum absolute atomic E-state index is 0.0288. The SMILES string of the molecule is CCOc1cc(C)c(-c2nc3ccccc3c(=O)n2N=Cc2cc(OC)c(OC(C)C)c([N+](=O)[O-])c2)cc1C(C)C. The van der Waals surface area contributed by atoms with E-state index in [1.165, 1.54) is 24.1 Å². The van der Waals surface area contributed by atoms with Crippen molar-refractivity contribution in [3.8, 4) is 28.6 Å². The third-order valence-corrected chi connectivity index (χ3v) is 6.42. The first kappa shape index (κ1) is 29.3. The van der Waals surface area contributed by atoms with Crippen LogP contribution < -0.4 is 19.8 Å². The number of nitro benzene ring substituents is 1. The summed E-state index contributed by atoms with van der Waals surface area (Å²) in [6.45, 7) is 12.1. The highest BCUT2D eigenvalue weighted by atomic mass is 16.6. The second kappa shape index (κ2) is 12.2. The molecule has 4 rings (SSSR count). The van der Waals surface area contributed by atoms with Gasteiger partial charge in [0.25, 0.3) is 5.56 Å². The lowest BCUT2D eigenvalue weighted by Crippen LogP contribution is -2.21. The van der Waals surface area contributed by atoms with Crippen molar-refractivity contribution in [3.05, 3.63) is 85.7 Å². The van der Waals surface area contributed by atoms with Crippen LogP contribution in [0, 0.1) is 17.0 Å². The zero-order valence-corrected chi connectivity index (χ0v) is 24.3. The largest absolute Gasteiger partial charge is 0.494 e. The van der Waals surface area contributed by atoms with Crippen LogP contribution in [0.5, 0.6) is 17.2 Å². The molecule has 214 valence electrons. The van der Waals surface area contributed by atoms with Gasteiger partial charge >= 0.3 is 5.69 Å². The molecule has 0 bridgehead atoms. The number of aromatic nitrogens is 2.